The highest BCUT2D eigenvalue weighted by Gasteiger charge is 2.49. The number of benzene rings is 4. The number of carbonyl (C=O) groups excluding carboxylic acids is 4. The summed E-state index contributed by atoms with van der Waals surface area (Å²) in [5.74, 6) is -1.78. The molecule has 550 valence electrons. The Morgan fingerprint density at radius 3 is 2.13 bits per heavy atom. The molecule has 5 N–H and O–H groups in total. The van der Waals surface area contributed by atoms with Gasteiger partial charge in [0.15, 0.2) is 0 Å². The lowest BCUT2D eigenvalue weighted by atomic mass is 9.72. The van der Waals surface area contributed by atoms with Crippen LogP contribution in [0.3, 0.4) is 0 Å². The van der Waals surface area contributed by atoms with Gasteiger partial charge in [-0.05, 0) is 141 Å². The Bertz CT molecular complexity index is 3930. The lowest BCUT2D eigenvalue weighted by molar-refractivity contribution is -0.144. The SMILES string of the molecule is C=C(CCC)C1=C(CN2CCN(c3ccc(C(=O)NS(=O)(=O)c4ccc(N[C@H](CCN5CCN(CCCCCCC(=O)N[C@H](C(=O)N6C[C@H](O)C[C@H]6C(=O)NCc6ccc(-c7scnc7C)cc6)C(C)(C)C)CC5)CSc5ccccc5)c(S(=O)(=O)C(F)(F)F)c4)cc3)CC2)CCC(C)(C)C1. The van der Waals surface area contributed by atoms with Crippen molar-refractivity contribution in [1.82, 2.24) is 39.9 Å². The second-order valence-electron chi connectivity index (χ2n) is 29.2. The van der Waals surface area contributed by atoms with Gasteiger partial charge in [0, 0.05) is 119 Å². The van der Waals surface area contributed by atoms with Crippen LogP contribution in [0, 0.1) is 17.8 Å². The predicted molar refractivity (Wildman–Crippen MR) is 395 cm³/mol. The van der Waals surface area contributed by atoms with Crippen LogP contribution in [0.2, 0.25) is 0 Å². The van der Waals surface area contributed by atoms with E-state index in [1.165, 1.54) is 45.5 Å². The van der Waals surface area contributed by atoms with Crippen molar-refractivity contribution in [2.75, 3.05) is 94.5 Å². The van der Waals surface area contributed by atoms with Crippen LogP contribution in [0.5, 0.6) is 0 Å². The average molecular weight is 1470 g/mol. The molecule has 26 heteroatoms. The number of carbonyl (C=O) groups is 4. The summed E-state index contributed by atoms with van der Waals surface area (Å²) in [4.78, 5) is 69.6. The molecule has 19 nitrogen and oxygen atoms in total. The number of unbranched alkanes of at least 4 members (excludes halogenated alkanes) is 3. The van der Waals surface area contributed by atoms with Gasteiger partial charge in [0.2, 0.25) is 17.7 Å². The number of amides is 4. The van der Waals surface area contributed by atoms with Crippen molar-refractivity contribution >= 4 is 78.0 Å². The number of aliphatic hydroxyl groups excluding tert-OH is 1. The maximum absolute atomic E-state index is 14.6. The summed E-state index contributed by atoms with van der Waals surface area (Å²) in [7, 11) is -11.0. The molecule has 4 amide bonds. The Morgan fingerprint density at radius 2 is 1.49 bits per heavy atom. The number of likely N-dealkylation sites (tertiary alicyclic amines) is 1. The van der Waals surface area contributed by atoms with Gasteiger partial charge in [-0.2, -0.15) is 13.2 Å². The standard InChI is InChI=1S/C75H101F3N10O9S4/c1-9-17-52(2)63-46-74(7,8)33-31-57(63)48-86-40-42-87(43-41-86)59-27-25-56(26-28-59)70(91)83-101(96,97)62-29-30-64(66(45-62)100(94,95)75(76,77)78)81-58(50-98-61-18-13-12-14-19-61)32-35-85-38-36-84(37-39-85)34-16-11-10-15-20-67(90)82-69(73(4,5)6)72(93)88-49-60(89)44-65(88)71(92)79-47-54-21-23-55(24-22-54)68-53(3)80-51-99-68/h12-14,18-19,21-30,45,51,58,60,65,69,81,89H,2,9-11,15-17,20,31-44,46-50H2,1,3-8H3,(H,79,92)(H,82,90)(H,83,91)/t58-,60-,65+,69-/m1/s1. The van der Waals surface area contributed by atoms with E-state index in [0.717, 1.165) is 148 Å². The quantitative estimate of drug-likeness (QED) is 0.0205. The molecule has 3 fully saturated rings. The first kappa shape index (κ1) is 78.5. The minimum Gasteiger partial charge on any atom is -0.391 e. The summed E-state index contributed by atoms with van der Waals surface area (Å²) >= 11 is 3.00. The average Bonchev–Trinajstić information content (AvgIpc) is 1.56. The smallest absolute Gasteiger partial charge is 0.391 e. The fraction of sp³-hybridized carbons (Fsp3) is 0.533. The molecule has 4 aliphatic rings. The molecule has 1 aliphatic carbocycles. The number of sulfone groups is 1. The van der Waals surface area contributed by atoms with Crippen molar-refractivity contribution in [3.8, 4) is 10.4 Å². The number of thiazole rings is 1. The summed E-state index contributed by atoms with van der Waals surface area (Å²) in [6.07, 6.45) is 8.24. The molecule has 0 bridgehead atoms. The van der Waals surface area contributed by atoms with Gasteiger partial charge >= 0.3 is 5.51 Å². The third-order valence-electron chi connectivity index (χ3n) is 19.7. The number of hydrogen-bond acceptors (Lipinski definition) is 17. The number of β-amino-alcohol motifs (C(OH)–C–C–N with tert-alkyl or cyclic N) is 1. The number of rotatable bonds is 31. The molecule has 0 unspecified atom stereocenters. The molecule has 0 radical (unpaired) electrons. The normalized spacial score (nSPS) is 18.8. The van der Waals surface area contributed by atoms with Gasteiger partial charge < -0.3 is 40.7 Å². The van der Waals surface area contributed by atoms with Crippen LogP contribution in [0.4, 0.5) is 24.5 Å². The Hall–Kier alpha value is -6.65. The predicted octanol–water partition coefficient (Wildman–Crippen LogP) is 11.9. The molecule has 4 atom stereocenters. The maximum Gasteiger partial charge on any atom is 0.501 e. The largest absolute Gasteiger partial charge is 0.501 e. The van der Waals surface area contributed by atoms with E-state index < -0.39 is 82.3 Å². The third kappa shape index (κ3) is 21.5. The van der Waals surface area contributed by atoms with Crippen molar-refractivity contribution in [3.63, 3.8) is 0 Å². The van der Waals surface area contributed by atoms with Crippen LogP contribution < -0.4 is 25.6 Å². The van der Waals surface area contributed by atoms with Crippen molar-refractivity contribution in [2.45, 2.75) is 176 Å². The van der Waals surface area contributed by atoms with Crippen molar-refractivity contribution in [3.05, 3.63) is 143 Å². The molecular weight excluding hydrogens is 1370 g/mol. The van der Waals surface area contributed by atoms with E-state index in [2.05, 4.69) is 67.9 Å². The zero-order chi connectivity index (χ0) is 72.9. The Labute approximate surface area is 603 Å². The monoisotopic (exact) mass is 1470 g/mol. The number of hydrogen-bond donors (Lipinski definition) is 5. The number of nitrogens with zero attached hydrogens (tertiary/aromatic N) is 6. The third-order valence-corrected chi connectivity index (χ3v) is 24.7. The van der Waals surface area contributed by atoms with Gasteiger partial charge in [-0.15, -0.1) is 23.1 Å². The minimum atomic E-state index is -6.14. The number of piperazine rings is 2. The van der Waals surface area contributed by atoms with Crippen LogP contribution in [-0.4, -0.2) is 184 Å². The first-order chi connectivity index (χ1) is 47.9. The number of nitrogens with one attached hydrogen (secondary N) is 4. The van der Waals surface area contributed by atoms with Crippen LogP contribution >= 0.6 is 23.1 Å². The van der Waals surface area contributed by atoms with Crippen molar-refractivity contribution in [2.24, 2.45) is 10.8 Å². The molecule has 4 aromatic carbocycles. The van der Waals surface area contributed by atoms with E-state index in [1.54, 1.807) is 29.0 Å². The molecule has 9 rings (SSSR count). The van der Waals surface area contributed by atoms with E-state index in [9.17, 15) is 54.3 Å². The van der Waals surface area contributed by atoms with Crippen LogP contribution in [0.1, 0.15) is 140 Å². The summed E-state index contributed by atoms with van der Waals surface area (Å²) in [5, 5.41) is 19.7. The minimum absolute atomic E-state index is 0.0153. The second kappa shape index (κ2) is 34.8. The van der Waals surface area contributed by atoms with Gasteiger partial charge in [-0.25, -0.2) is 26.5 Å². The van der Waals surface area contributed by atoms with Crippen LogP contribution in [0.15, 0.2) is 141 Å². The number of aryl methyl sites for hydroxylation is 1. The molecule has 3 aliphatic heterocycles. The van der Waals surface area contributed by atoms with E-state index >= 15 is 0 Å². The molecule has 101 heavy (non-hydrogen) atoms. The topological polar surface area (TPSA) is 234 Å². The van der Waals surface area contributed by atoms with Crippen molar-refractivity contribution in [1.29, 1.82) is 0 Å². The molecule has 0 saturated carbocycles. The summed E-state index contributed by atoms with van der Waals surface area (Å²) in [5.41, 5.74) is 2.98. The number of anilines is 2. The van der Waals surface area contributed by atoms with E-state index in [-0.39, 0.29) is 48.7 Å². The fourth-order valence-corrected chi connectivity index (χ4v) is 17.5. The molecule has 5 aromatic rings. The summed E-state index contributed by atoms with van der Waals surface area (Å²) in [6, 6.07) is 23.7. The lowest BCUT2D eigenvalue weighted by Crippen LogP contribution is -2.57. The lowest BCUT2D eigenvalue weighted by Gasteiger charge is -2.39. The Morgan fingerprint density at radius 1 is 0.822 bits per heavy atom. The zero-order valence-electron chi connectivity index (χ0n) is 59.4. The highest BCUT2D eigenvalue weighted by atomic mass is 32.2. The number of halogens is 3. The highest BCUT2D eigenvalue weighted by molar-refractivity contribution is 7.99. The second-order valence-corrected chi connectivity index (χ2v) is 34.7. The van der Waals surface area contributed by atoms with E-state index in [4.69, 9.17) is 0 Å². The molecular formula is C75H101F3N10O9S4. The number of sulfonamides is 1. The summed E-state index contributed by atoms with van der Waals surface area (Å²) < 4.78 is 100. The van der Waals surface area contributed by atoms with Gasteiger partial charge in [0.05, 0.1) is 32.8 Å². The highest BCUT2D eigenvalue weighted by Crippen LogP contribution is 2.43. The Balaban J connectivity index is 0.732. The molecule has 1 aromatic heterocycles. The first-order valence-corrected chi connectivity index (χ1v) is 40.1. The van der Waals surface area contributed by atoms with Crippen molar-refractivity contribution < 1.29 is 54.3 Å². The first-order valence-electron chi connectivity index (χ1n) is 35.3. The van der Waals surface area contributed by atoms with Crippen LogP contribution in [-0.2, 0) is 40.8 Å². The Kier molecular flexibility index (Phi) is 27.0. The van der Waals surface area contributed by atoms with E-state index in [0.29, 0.717) is 44.3 Å². The number of thioether (sulfide) groups is 1. The number of alkyl halides is 3. The summed E-state index contributed by atoms with van der Waals surface area (Å²) in [6.45, 7) is 27.4. The molecule has 0 spiro atoms. The number of aromatic nitrogens is 1. The molecule has 4 heterocycles. The van der Waals surface area contributed by atoms with Gasteiger partial charge in [-0.3, -0.25) is 24.1 Å². The zero-order valence-corrected chi connectivity index (χ0v) is 62.6. The van der Waals surface area contributed by atoms with Crippen LogP contribution in [0.25, 0.3) is 10.4 Å². The van der Waals surface area contributed by atoms with Gasteiger partial charge in [0.1, 0.15) is 17.0 Å². The number of allylic oxidation sites excluding steroid dienone is 2. The van der Waals surface area contributed by atoms with Gasteiger partial charge in [-0.1, -0.05) is 121 Å². The maximum atomic E-state index is 14.6. The fourth-order valence-electron chi connectivity index (χ4n) is 13.7. The van der Waals surface area contributed by atoms with Gasteiger partial charge in [0.25, 0.3) is 25.8 Å². The number of aliphatic hydroxyl groups is 1. The van der Waals surface area contributed by atoms with E-state index in [1.807, 2.05) is 87.0 Å². The molecule has 3 saturated heterocycles.